The van der Waals surface area contributed by atoms with Crippen LogP contribution in [0, 0.1) is 11.8 Å². The predicted molar refractivity (Wildman–Crippen MR) is 75.6 cm³/mol. The van der Waals surface area contributed by atoms with Gasteiger partial charge < -0.3 is 14.8 Å². The second-order valence-electron chi connectivity index (χ2n) is 5.78. The van der Waals surface area contributed by atoms with Gasteiger partial charge >= 0.3 is 5.97 Å². The van der Waals surface area contributed by atoms with Crippen molar-refractivity contribution in [1.29, 1.82) is 0 Å². The van der Waals surface area contributed by atoms with Gasteiger partial charge in [0.15, 0.2) is 5.72 Å². The molecule has 2 aliphatic rings. The van der Waals surface area contributed by atoms with Gasteiger partial charge in [-0.1, -0.05) is 25.1 Å². The summed E-state index contributed by atoms with van der Waals surface area (Å²) in [6.07, 6.45) is 0. The number of amides is 1. The lowest BCUT2D eigenvalue weighted by Crippen LogP contribution is -2.66. The van der Waals surface area contributed by atoms with Gasteiger partial charge in [0.1, 0.15) is 11.7 Å². The van der Waals surface area contributed by atoms with Crippen molar-refractivity contribution in [3.05, 3.63) is 29.8 Å². The second-order valence-corrected chi connectivity index (χ2v) is 5.78. The van der Waals surface area contributed by atoms with Crippen molar-refractivity contribution in [2.45, 2.75) is 32.4 Å². The first-order valence-corrected chi connectivity index (χ1v) is 7.24. The van der Waals surface area contributed by atoms with Gasteiger partial charge in [0.05, 0.1) is 6.61 Å². The van der Waals surface area contributed by atoms with Crippen molar-refractivity contribution in [1.82, 2.24) is 5.32 Å². The zero-order valence-electron chi connectivity index (χ0n) is 12.4. The molecule has 1 fully saturated rings. The Morgan fingerprint density at radius 3 is 2.86 bits per heavy atom. The molecule has 5 nitrogen and oxygen atoms in total. The number of piperidine rings is 1. The van der Waals surface area contributed by atoms with E-state index in [1.165, 1.54) is 0 Å². The van der Waals surface area contributed by atoms with E-state index in [-0.39, 0.29) is 24.3 Å². The molecule has 2 aliphatic heterocycles. The van der Waals surface area contributed by atoms with Gasteiger partial charge in [0, 0.05) is 11.8 Å². The molecular formula is C16H19NO4. The number of carbonyl (C=O) groups is 2. The second kappa shape index (κ2) is 4.76. The highest BCUT2D eigenvalue weighted by molar-refractivity contribution is 6.00. The normalized spacial score (nSPS) is 33.5. The molecule has 0 aliphatic carbocycles. The fourth-order valence-electron chi connectivity index (χ4n) is 3.36. The van der Waals surface area contributed by atoms with Crippen molar-refractivity contribution in [3.8, 4) is 5.75 Å². The molecule has 2 heterocycles. The molecule has 3 rings (SSSR count). The smallest absolute Gasteiger partial charge is 0.319 e. The maximum absolute atomic E-state index is 12.4. The molecular weight excluding hydrogens is 270 g/mol. The number of ether oxygens (including phenoxy) is 2. The van der Waals surface area contributed by atoms with E-state index < -0.39 is 17.6 Å². The van der Waals surface area contributed by atoms with Crippen LogP contribution in [0.1, 0.15) is 32.3 Å². The Morgan fingerprint density at radius 2 is 2.14 bits per heavy atom. The minimum Gasteiger partial charge on any atom is -0.468 e. The first kappa shape index (κ1) is 13.9. The van der Waals surface area contributed by atoms with E-state index in [9.17, 15) is 9.59 Å². The number of benzene rings is 1. The van der Waals surface area contributed by atoms with E-state index >= 15 is 0 Å². The topological polar surface area (TPSA) is 64.6 Å². The molecule has 112 valence electrons. The zero-order chi connectivity index (χ0) is 15.2. The molecule has 0 radical (unpaired) electrons. The molecule has 1 aromatic carbocycles. The van der Waals surface area contributed by atoms with Crippen molar-refractivity contribution < 1.29 is 19.1 Å². The van der Waals surface area contributed by atoms with Gasteiger partial charge in [0.25, 0.3) is 0 Å². The third kappa shape index (κ3) is 1.99. The lowest BCUT2D eigenvalue weighted by Gasteiger charge is -2.51. The molecule has 5 heteroatoms. The average molecular weight is 289 g/mol. The van der Waals surface area contributed by atoms with Crippen molar-refractivity contribution in [2.75, 3.05) is 6.61 Å². The summed E-state index contributed by atoms with van der Waals surface area (Å²) in [5, 5.41) is 2.84. The monoisotopic (exact) mass is 289 g/mol. The molecule has 0 aromatic heterocycles. The van der Waals surface area contributed by atoms with Crippen molar-refractivity contribution in [2.24, 2.45) is 11.8 Å². The maximum atomic E-state index is 12.4. The Morgan fingerprint density at radius 1 is 1.43 bits per heavy atom. The third-order valence-electron chi connectivity index (χ3n) is 4.56. The summed E-state index contributed by atoms with van der Waals surface area (Å²) >= 11 is 0. The molecule has 0 spiro atoms. The number of nitrogens with one attached hydrogen (secondary N) is 1. The Bertz CT molecular complexity index is 600. The van der Waals surface area contributed by atoms with Gasteiger partial charge in [-0.2, -0.15) is 0 Å². The summed E-state index contributed by atoms with van der Waals surface area (Å²) in [6, 6.07) is 7.56. The minimum atomic E-state index is -0.821. The standard InChI is InChI=1S/C16H19NO4/c1-4-20-15(19)13-12-9(2)16(3,17-14(13)18)21-11-8-6-5-7-10(11)12/h5-9,12-13H,4H2,1-3H3,(H,17,18)/t9-,12-,13?,16-/m1/s1. The van der Waals surface area contributed by atoms with E-state index in [2.05, 4.69) is 5.32 Å². The highest BCUT2D eigenvalue weighted by Crippen LogP contribution is 2.50. The highest BCUT2D eigenvalue weighted by Gasteiger charge is 2.56. The Kier molecular flexibility index (Phi) is 3.15. The van der Waals surface area contributed by atoms with Crippen LogP contribution in [0.5, 0.6) is 5.75 Å². The summed E-state index contributed by atoms with van der Waals surface area (Å²) in [5.41, 5.74) is 0.106. The van der Waals surface area contributed by atoms with Gasteiger partial charge in [-0.25, -0.2) is 0 Å². The van der Waals surface area contributed by atoms with Crippen LogP contribution in [0.2, 0.25) is 0 Å². The number of para-hydroxylation sites is 1. The number of esters is 1. The number of hydrogen-bond donors (Lipinski definition) is 1. The Hall–Kier alpha value is -2.04. The van der Waals surface area contributed by atoms with Gasteiger partial charge in [-0.15, -0.1) is 0 Å². The van der Waals surface area contributed by atoms with Crippen LogP contribution in [0.15, 0.2) is 24.3 Å². The number of fused-ring (bicyclic) bond motifs is 4. The first-order valence-electron chi connectivity index (χ1n) is 7.24. The van der Waals surface area contributed by atoms with Crippen LogP contribution in [-0.2, 0) is 14.3 Å². The predicted octanol–water partition coefficient (Wildman–Crippen LogP) is 1.82. The fraction of sp³-hybridized carbons (Fsp3) is 0.500. The first-order chi connectivity index (χ1) is 9.98. The van der Waals surface area contributed by atoms with Gasteiger partial charge in [-0.05, 0) is 25.5 Å². The zero-order valence-corrected chi connectivity index (χ0v) is 12.4. The summed E-state index contributed by atoms with van der Waals surface area (Å²) < 4.78 is 11.1. The lowest BCUT2D eigenvalue weighted by atomic mass is 9.68. The Balaban J connectivity index is 2.10. The molecule has 1 N–H and O–H groups in total. The number of rotatable bonds is 2. The molecule has 1 saturated heterocycles. The van der Waals surface area contributed by atoms with Crippen LogP contribution >= 0.6 is 0 Å². The summed E-state index contributed by atoms with van der Waals surface area (Å²) in [7, 11) is 0. The van der Waals surface area contributed by atoms with Crippen LogP contribution in [0.3, 0.4) is 0 Å². The molecule has 1 aromatic rings. The van der Waals surface area contributed by atoms with Crippen LogP contribution in [0.25, 0.3) is 0 Å². The van der Waals surface area contributed by atoms with E-state index in [1.807, 2.05) is 38.1 Å². The van der Waals surface area contributed by atoms with Crippen LogP contribution in [-0.4, -0.2) is 24.2 Å². The number of hydrogen-bond acceptors (Lipinski definition) is 4. The number of carbonyl (C=O) groups excluding carboxylic acids is 2. The maximum Gasteiger partial charge on any atom is 0.319 e. The van der Waals surface area contributed by atoms with Crippen LogP contribution < -0.4 is 10.1 Å². The minimum absolute atomic E-state index is 0.0282. The summed E-state index contributed by atoms with van der Waals surface area (Å²) in [6.45, 7) is 5.84. The average Bonchev–Trinajstić information content (AvgIpc) is 2.42. The highest BCUT2D eigenvalue weighted by atomic mass is 16.5. The Labute approximate surface area is 123 Å². The van der Waals surface area contributed by atoms with E-state index in [0.29, 0.717) is 0 Å². The van der Waals surface area contributed by atoms with Crippen LogP contribution in [0.4, 0.5) is 0 Å². The van der Waals surface area contributed by atoms with Gasteiger partial charge in [0.2, 0.25) is 5.91 Å². The van der Waals surface area contributed by atoms with E-state index in [1.54, 1.807) is 6.92 Å². The molecule has 0 saturated carbocycles. The van der Waals surface area contributed by atoms with Crippen molar-refractivity contribution >= 4 is 11.9 Å². The molecule has 4 atom stereocenters. The lowest BCUT2D eigenvalue weighted by molar-refractivity contribution is -0.165. The summed E-state index contributed by atoms with van der Waals surface area (Å²) in [4.78, 5) is 24.6. The third-order valence-corrected chi connectivity index (χ3v) is 4.56. The largest absolute Gasteiger partial charge is 0.468 e. The SMILES string of the molecule is CCOC(=O)C1C(=O)N[C@]2(C)Oc3ccccc3[C@H]1[C@H]2C. The molecule has 21 heavy (non-hydrogen) atoms. The quantitative estimate of drug-likeness (QED) is 0.666. The fourth-order valence-corrected chi connectivity index (χ4v) is 3.36. The summed E-state index contributed by atoms with van der Waals surface area (Å²) in [5.74, 6) is -1.15. The van der Waals surface area contributed by atoms with Crippen molar-refractivity contribution in [3.63, 3.8) is 0 Å². The molecule has 1 unspecified atom stereocenters. The molecule has 1 amide bonds. The van der Waals surface area contributed by atoms with E-state index in [4.69, 9.17) is 9.47 Å². The molecule has 2 bridgehead atoms. The van der Waals surface area contributed by atoms with Gasteiger partial charge in [-0.3, -0.25) is 9.59 Å². The van der Waals surface area contributed by atoms with E-state index in [0.717, 1.165) is 11.3 Å².